The molecule has 1 aromatic heterocycles. The third-order valence-electron chi connectivity index (χ3n) is 4.61. The number of carbonyl (C=O) groups is 1. The number of aryl methyl sites for hydroxylation is 1. The first-order chi connectivity index (χ1) is 14.1. The van der Waals surface area contributed by atoms with Crippen LogP contribution in [0.4, 0.5) is 5.69 Å². The molecule has 0 aliphatic rings. The summed E-state index contributed by atoms with van der Waals surface area (Å²) in [6.45, 7) is 2.09. The van der Waals surface area contributed by atoms with Crippen molar-refractivity contribution >= 4 is 11.6 Å². The summed E-state index contributed by atoms with van der Waals surface area (Å²) in [5, 5.41) is 2.88. The molecule has 1 heterocycles. The lowest BCUT2D eigenvalue weighted by molar-refractivity contribution is 0.102. The van der Waals surface area contributed by atoms with Crippen molar-refractivity contribution in [3.8, 4) is 28.5 Å². The Hall–Kier alpha value is -3.54. The van der Waals surface area contributed by atoms with Crippen LogP contribution in [0.2, 0.25) is 0 Å². The molecule has 0 unspecified atom stereocenters. The van der Waals surface area contributed by atoms with Crippen LogP contribution in [-0.2, 0) is 6.42 Å². The van der Waals surface area contributed by atoms with Crippen molar-refractivity contribution in [1.29, 1.82) is 0 Å². The van der Waals surface area contributed by atoms with Crippen molar-refractivity contribution in [3.63, 3.8) is 0 Å². The van der Waals surface area contributed by atoms with Crippen LogP contribution in [0.25, 0.3) is 11.3 Å². The molecule has 1 amide bonds. The van der Waals surface area contributed by atoms with Gasteiger partial charge in [0.1, 0.15) is 0 Å². The van der Waals surface area contributed by atoms with Gasteiger partial charge in [0.05, 0.1) is 32.6 Å². The van der Waals surface area contributed by atoms with E-state index in [9.17, 15) is 4.79 Å². The number of nitrogens with zero attached hydrogens (tertiary/aromatic N) is 1. The molecule has 0 aliphatic heterocycles. The summed E-state index contributed by atoms with van der Waals surface area (Å²) in [7, 11) is 4.69. The fraction of sp³-hybridized carbons (Fsp3) is 0.217. The van der Waals surface area contributed by atoms with Crippen molar-refractivity contribution in [2.24, 2.45) is 0 Å². The average molecular weight is 392 g/mol. The Bertz CT molecular complexity index is 958. The number of rotatable bonds is 7. The standard InChI is InChI=1S/C23H24N2O4/c1-5-15-6-9-18(10-7-15)25-23(26)16-8-11-19(24-14-16)17-12-20(27-2)22(29-4)21(13-17)28-3/h6-14H,5H2,1-4H3,(H,25,26). The number of amides is 1. The van der Waals surface area contributed by atoms with Gasteiger partial charge in [-0.2, -0.15) is 0 Å². The van der Waals surface area contributed by atoms with Crippen molar-refractivity contribution in [2.75, 3.05) is 26.6 Å². The normalized spacial score (nSPS) is 10.3. The molecule has 6 nitrogen and oxygen atoms in total. The lowest BCUT2D eigenvalue weighted by atomic mass is 10.1. The number of hydrogen-bond acceptors (Lipinski definition) is 5. The van der Waals surface area contributed by atoms with Crippen LogP contribution in [-0.4, -0.2) is 32.2 Å². The van der Waals surface area contributed by atoms with Gasteiger partial charge in [-0.1, -0.05) is 19.1 Å². The predicted molar refractivity (Wildman–Crippen MR) is 113 cm³/mol. The summed E-state index contributed by atoms with van der Waals surface area (Å²) in [4.78, 5) is 16.9. The van der Waals surface area contributed by atoms with Gasteiger partial charge in [-0.3, -0.25) is 9.78 Å². The minimum absolute atomic E-state index is 0.210. The van der Waals surface area contributed by atoms with E-state index in [1.165, 1.54) is 5.56 Å². The summed E-state index contributed by atoms with van der Waals surface area (Å²) in [5.74, 6) is 1.39. The first-order valence-corrected chi connectivity index (χ1v) is 9.26. The third-order valence-corrected chi connectivity index (χ3v) is 4.61. The molecule has 0 saturated carbocycles. The third kappa shape index (κ3) is 4.48. The second kappa shape index (κ2) is 9.10. The number of carbonyl (C=O) groups excluding carboxylic acids is 1. The average Bonchev–Trinajstić information content (AvgIpc) is 2.78. The second-order valence-electron chi connectivity index (χ2n) is 6.35. The minimum Gasteiger partial charge on any atom is -0.493 e. The predicted octanol–water partition coefficient (Wildman–Crippen LogP) is 4.59. The Labute approximate surface area is 170 Å². The first-order valence-electron chi connectivity index (χ1n) is 9.26. The van der Waals surface area contributed by atoms with Crippen LogP contribution in [0.15, 0.2) is 54.7 Å². The molecule has 1 N–H and O–H groups in total. The molecule has 0 atom stereocenters. The molecule has 3 aromatic rings. The summed E-state index contributed by atoms with van der Waals surface area (Å²) in [6.07, 6.45) is 2.51. The fourth-order valence-electron chi connectivity index (χ4n) is 2.95. The van der Waals surface area contributed by atoms with Gasteiger partial charge in [0.2, 0.25) is 5.75 Å². The summed E-state index contributed by atoms with van der Waals surface area (Å²) < 4.78 is 16.1. The zero-order chi connectivity index (χ0) is 20.8. The SMILES string of the molecule is CCc1ccc(NC(=O)c2ccc(-c3cc(OC)c(OC)c(OC)c3)nc2)cc1. The summed E-state index contributed by atoms with van der Waals surface area (Å²) in [5.41, 5.74) is 3.93. The summed E-state index contributed by atoms with van der Waals surface area (Å²) >= 11 is 0. The number of methoxy groups -OCH3 is 3. The Balaban J connectivity index is 1.81. The molecule has 0 fully saturated rings. The van der Waals surface area contributed by atoms with Gasteiger partial charge in [0.15, 0.2) is 11.5 Å². The fourth-order valence-corrected chi connectivity index (χ4v) is 2.95. The van der Waals surface area contributed by atoms with Gasteiger partial charge >= 0.3 is 0 Å². The van der Waals surface area contributed by atoms with E-state index in [0.29, 0.717) is 28.5 Å². The maximum atomic E-state index is 12.5. The molecular weight excluding hydrogens is 368 g/mol. The zero-order valence-corrected chi connectivity index (χ0v) is 17.0. The van der Waals surface area contributed by atoms with Crippen molar-refractivity contribution in [1.82, 2.24) is 4.98 Å². The van der Waals surface area contributed by atoms with Gasteiger partial charge in [-0.25, -0.2) is 0 Å². The molecule has 0 spiro atoms. The van der Waals surface area contributed by atoms with E-state index in [1.54, 1.807) is 39.7 Å². The van der Waals surface area contributed by atoms with Gasteiger partial charge in [0.25, 0.3) is 5.91 Å². The smallest absolute Gasteiger partial charge is 0.257 e. The van der Waals surface area contributed by atoms with Crippen LogP contribution < -0.4 is 19.5 Å². The Kier molecular flexibility index (Phi) is 6.34. The van der Waals surface area contributed by atoms with Crippen molar-refractivity contribution in [3.05, 3.63) is 65.9 Å². The molecule has 29 heavy (non-hydrogen) atoms. The number of benzene rings is 2. The quantitative estimate of drug-likeness (QED) is 0.637. The van der Waals surface area contributed by atoms with E-state index in [1.807, 2.05) is 36.4 Å². The number of aromatic nitrogens is 1. The van der Waals surface area contributed by atoms with Crippen LogP contribution in [0.5, 0.6) is 17.2 Å². The number of pyridine rings is 1. The van der Waals surface area contributed by atoms with E-state index in [2.05, 4.69) is 17.2 Å². The van der Waals surface area contributed by atoms with E-state index >= 15 is 0 Å². The number of nitrogens with one attached hydrogen (secondary N) is 1. The molecule has 150 valence electrons. The zero-order valence-electron chi connectivity index (χ0n) is 17.0. The summed E-state index contributed by atoms with van der Waals surface area (Å²) in [6, 6.07) is 15.0. The topological polar surface area (TPSA) is 69.7 Å². The number of ether oxygens (including phenoxy) is 3. The highest BCUT2D eigenvalue weighted by Gasteiger charge is 2.15. The molecule has 0 aliphatic carbocycles. The van der Waals surface area contributed by atoms with Crippen LogP contribution in [0.3, 0.4) is 0 Å². The maximum absolute atomic E-state index is 12.5. The van der Waals surface area contributed by atoms with Crippen molar-refractivity contribution in [2.45, 2.75) is 13.3 Å². The van der Waals surface area contributed by atoms with Gasteiger partial charge < -0.3 is 19.5 Å². The van der Waals surface area contributed by atoms with Gasteiger partial charge in [0, 0.05) is 17.4 Å². The number of hydrogen-bond donors (Lipinski definition) is 1. The van der Waals surface area contributed by atoms with E-state index in [0.717, 1.165) is 17.7 Å². The highest BCUT2D eigenvalue weighted by Crippen LogP contribution is 2.40. The largest absolute Gasteiger partial charge is 0.493 e. The van der Waals surface area contributed by atoms with Crippen LogP contribution >= 0.6 is 0 Å². The molecule has 6 heteroatoms. The van der Waals surface area contributed by atoms with Crippen molar-refractivity contribution < 1.29 is 19.0 Å². The molecule has 3 rings (SSSR count). The lowest BCUT2D eigenvalue weighted by Crippen LogP contribution is -2.12. The lowest BCUT2D eigenvalue weighted by Gasteiger charge is -2.14. The molecular formula is C23H24N2O4. The molecule has 0 saturated heterocycles. The number of anilines is 1. The van der Waals surface area contributed by atoms with Crippen LogP contribution in [0.1, 0.15) is 22.8 Å². The second-order valence-corrected chi connectivity index (χ2v) is 6.35. The molecule has 0 bridgehead atoms. The maximum Gasteiger partial charge on any atom is 0.257 e. The van der Waals surface area contributed by atoms with E-state index in [-0.39, 0.29) is 5.91 Å². The monoisotopic (exact) mass is 392 g/mol. The van der Waals surface area contributed by atoms with Crippen LogP contribution in [0, 0.1) is 0 Å². The minimum atomic E-state index is -0.210. The van der Waals surface area contributed by atoms with E-state index < -0.39 is 0 Å². The first kappa shape index (κ1) is 20.2. The molecule has 2 aromatic carbocycles. The van der Waals surface area contributed by atoms with E-state index in [4.69, 9.17) is 14.2 Å². The Morgan fingerprint density at radius 1 is 0.931 bits per heavy atom. The highest BCUT2D eigenvalue weighted by molar-refractivity contribution is 6.04. The Morgan fingerprint density at radius 2 is 1.59 bits per heavy atom. The molecule has 0 radical (unpaired) electrons. The van der Waals surface area contributed by atoms with Gasteiger partial charge in [-0.15, -0.1) is 0 Å². The van der Waals surface area contributed by atoms with Gasteiger partial charge in [-0.05, 0) is 48.4 Å². The Morgan fingerprint density at radius 3 is 2.07 bits per heavy atom. The highest BCUT2D eigenvalue weighted by atomic mass is 16.5.